The van der Waals surface area contributed by atoms with Crippen molar-refractivity contribution >= 4 is 16.9 Å². The van der Waals surface area contributed by atoms with E-state index in [-0.39, 0.29) is 11.9 Å². The minimum Gasteiger partial charge on any atom is -0.490 e. The van der Waals surface area contributed by atoms with Gasteiger partial charge in [-0.2, -0.15) is 4.98 Å². The zero-order valence-electron chi connectivity index (χ0n) is 16.4. The van der Waals surface area contributed by atoms with Crippen LogP contribution in [-0.4, -0.2) is 22.7 Å². The van der Waals surface area contributed by atoms with E-state index in [9.17, 15) is 4.79 Å². The fraction of sp³-hybridized carbons (Fsp3) is 0.227. The number of nitrogens with one attached hydrogen (secondary N) is 1. The summed E-state index contributed by atoms with van der Waals surface area (Å²) in [5.41, 5.74) is 1.98. The second-order valence-electron chi connectivity index (χ2n) is 6.68. The van der Waals surface area contributed by atoms with E-state index >= 15 is 0 Å². The predicted octanol–water partition coefficient (Wildman–Crippen LogP) is 4.68. The number of carbonyl (C=O) groups excluding carboxylic acids is 1. The van der Waals surface area contributed by atoms with E-state index in [0.29, 0.717) is 41.0 Å². The van der Waals surface area contributed by atoms with Crippen molar-refractivity contribution in [2.45, 2.75) is 26.8 Å². The Bertz CT molecular complexity index is 1140. The standard InChI is InChI=1S/C22H21N3O4/c1-4-27-18-7-5-6-17-12-19(28-20(17)18)13(2)23-21(26)15-8-10-16(11-9-15)22-24-14(3)25-29-22/h5-13H,4H2,1-3H3,(H,23,26). The van der Waals surface area contributed by atoms with Gasteiger partial charge < -0.3 is 19.0 Å². The van der Waals surface area contributed by atoms with Crippen molar-refractivity contribution in [2.24, 2.45) is 0 Å². The molecule has 0 fully saturated rings. The highest BCUT2D eigenvalue weighted by molar-refractivity contribution is 5.95. The lowest BCUT2D eigenvalue weighted by atomic mass is 10.1. The Kier molecular flexibility index (Phi) is 5.03. The van der Waals surface area contributed by atoms with Crippen LogP contribution >= 0.6 is 0 Å². The summed E-state index contributed by atoms with van der Waals surface area (Å²) >= 11 is 0. The van der Waals surface area contributed by atoms with Gasteiger partial charge in [-0.3, -0.25) is 4.79 Å². The lowest BCUT2D eigenvalue weighted by Crippen LogP contribution is -2.26. The largest absolute Gasteiger partial charge is 0.490 e. The summed E-state index contributed by atoms with van der Waals surface area (Å²) in [5.74, 6) is 2.15. The van der Waals surface area contributed by atoms with Gasteiger partial charge in [-0.1, -0.05) is 17.3 Å². The Morgan fingerprint density at radius 3 is 2.69 bits per heavy atom. The molecule has 0 aliphatic rings. The molecule has 0 saturated carbocycles. The van der Waals surface area contributed by atoms with Crippen LogP contribution in [0.25, 0.3) is 22.4 Å². The van der Waals surface area contributed by atoms with Crippen molar-refractivity contribution in [1.82, 2.24) is 15.5 Å². The zero-order valence-corrected chi connectivity index (χ0v) is 16.4. The number of ether oxygens (including phenoxy) is 1. The van der Waals surface area contributed by atoms with Crippen molar-refractivity contribution in [3.63, 3.8) is 0 Å². The Balaban J connectivity index is 1.49. The number of benzene rings is 2. The number of hydrogen-bond donors (Lipinski definition) is 1. The van der Waals surface area contributed by atoms with Gasteiger partial charge in [-0.15, -0.1) is 0 Å². The van der Waals surface area contributed by atoms with Gasteiger partial charge in [0.1, 0.15) is 5.76 Å². The van der Waals surface area contributed by atoms with Crippen molar-refractivity contribution in [3.05, 3.63) is 65.7 Å². The first kappa shape index (κ1) is 18.7. The lowest BCUT2D eigenvalue weighted by molar-refractivity contribution is 0.0935. The number of nitrogens with zero attached hydrogens (tertiary/aromatic N) is 2. The number of carbonyl (C=O) groups is 1. The van der Waals surface area contributed by atoms with Crippen LogP contribution in [0.2, 0.25) is 0 Å². The molecule has 0 aliphatic heterocycles. The number of rotatable bonds is 6. The van der Waals surface area contributed by atoms with Crippen molar-refractivity contribution in [1.29, 1.82) is 0 Å². The summed E-state index contributed by atoms with van der Waals surface area (Å²) < 4.78 is 16.7. The summed E-state index contributed by atoms with van der Waals surface area (Å²) in [4.78, 5) is 16.8. The number of amides is 1. The number of aromatic nitrogens is 2. The Morgan fingerprint density at radius 1 is 1.21 bits per heavy atom. The second-order valence-corrected chi connectivity index (χ2v) is 6.68. The molecule has 0 spiro atoms. The molecule has 0 saturated heterocycles. The maximum Gasteiger partial charge on any atom is 0.257 e. The number of fused-ring (bicyclic) bond motifs is 1. The van der Waals surface area contributed by atoms with Gasteiger partial charge >= 0.3 is 0 Å². The van der Waals surface area contributed by atoms with Crippen molar-refractivity contribution in [3.8, 4) is 17.2 Å². The van der Waals surface area contributed by atoms with Gasteiger partial charge in [0.25, 0.3) is 11.8 Å². The Labute approximate surface area is 167 Å². The van der Waals surface area contributed by atoms with E-state index in [1.54, 1.807) is 31.2 Å². The third-order valence-corrected chi connectivity index (χ3v) is 4.52. The van der Waals surface area contributed by atoms with Gasteiger partial charge in [-0.05, 0) is 57.2 Å². The third kappa shape index (κ3) is 3.85. The Morgan fingerprint density at radius 2 is 2.00 bits per heavy atom. The average molecular weight is 391 g/mol. The van der Waals surface area contributed by atoms with Crippen molar-refractivity contribution < 1.29 is 18.5 Å². The van der Waals surface area contributed by atoms with E-state index in [1.165, 1.54) is 0 Å². The maximum absolute atomic E-state index is 12.6. The van der Waals surface area contributed by atoms with Crippen LogP contribution in [0.3, 0.4) is 0 Å². The molecule has 0 radical (unpaired) electrons. The first-order valence-electron chi connectivity index (χ1n) is 9.42. The third-order valence-electron chi connectivity index (χ3n) is 4.52. The van der Waals surface area contributed by atoms with Crippen LogP contribution in [0, 0.1) is 6.92 Å². The minimum atomic E-state index is -0.303. The molecule has 29 heavy (non-hydrogen) atoms. The lowest BCUT2D eigenvalue weighted by Gasteiger charge is -2.11. The number of para-hydroxylation sites is 1. The molecule has 0 aliphatic carbocycles. The van der Waals surface area contributed by atoms with Crippen LogP contribution in [0.15, 0.2) is 57.5 Å². The fourth-order valence-electron chi connectivity index (χ4n) is 3.07. The maximum atomic E-state index is 12.6. The highest BCUT2D eigenvalue weighted by atomic mass is 16.5. The number of aryl methyl sites for hydroxylation is 1. The van der Waals surface area contributed by atoms with Gasteiger partial charge in [0.05, 0.1) is 12.6 Å². The van der Waals surface area contributed by atoms with Gasteiger partial charge in [-0.25, -0.2) is 0 Å². The second kappa shape index (κ2) is 7.79. The average Bonchev–Trinajstić information content (AvgIpc) is 3.35. The molecule has 2 heterocycles. The highest BCUT2D eigenvalue weighted by Crippen LogP contribution is 2.31. The molecule has 7 nitrogen and oxygen atoms in total. The molecule has 1 amide bonds. The monoisotopic (exact) mass is 391 g/mol. The molecule has 0 bridgehead atoms. The van der Waals surface area contributed by atoms with E-state index in [2.05, 4.69) is 15.5 Å². The molecule has 148 valence electrons. The molecule has 1 atom stereocenters. The van der Waals surface area contributed by atoms with E-state index < -0.39 is 0 Å². The van der Waals surface area contributed by atoms with E-state index in [0.717, 1.165) is 10.9 Å². The normalized spacial score (nSPS) is 12.1. The first-order chi connectivity index (χ1) is 14.0. The highest BCUT2D eigenvalue weighted by Gasteiger charge is 2.17. The zero-order chi connectivity index (χ0) is 20.4. The number of hydrogen-bond acceptors (Lipinski definition) is 6. The molecular formula is C22H21N3O4. The van der Waals surface area contributed by atoms with Gasteiger partial charge in [0.2, 0.25) is 0 Å². The molecule has 4 rings (SSSR count). The smallest absolute Gasteiger partial charge is 0.257 e. The van der Waals surface area contributed by atoms with Crippen LogP contribution < -0.4 is 10.1 Å². The summed E-state index contributed by atoms with van der Waals surface area (Å²) in [6.45, 7) is 6.12. The van der Waals surface area contributed by atoms with Crippen LogP contribution in [0.4, 0.5) is 0 Å². The quantitative estimate of drug-likeness (QED) is 0.513. The summed E-state index contributed by atoms with van der Waals surface area (Å²) in [7, 11) is 0. The Hall–Kier alpha value is -3.61. The molecule has 1 unspecified atom stereocenters. The fourth-order valence-corrected chi connectivity index (χ4v) is 3.07. The van der Waals surface area contributed by atoms with E-state index in [4.69, 9.17) is 13.7 Å². The summed E-state index contributed by atoms with van der Waals surface area (Å²) in [6, 6.07) is 14.4. The summed E-state index contributed by atoms with van der Waals surface area (Å²) in [6.07, 6.45) is 0. The van der Waals surface area contributed by atoms with E-state index in [1.807, 2.05) is 38.1 Å². The van der Waals surface area contributed by atoms with Crippen molar-refractivity contribution in [2.75, 3.05) is 6.61 Å². The SMILES string of the molecule is CCOc1cccc2cc(C(C)NC(=O)c3ccc(-c4nc(C)no4)cc3)oc12. The molecule has 4 aromatic rings. The predicted molar refractivity (Wildman–Crippen MR) is 108 cm³/mol. The first-order valence-corrected chi connectivity index (χ1v) is 9.42. The van der Waals surface area contributed by atoms with Crippen LogP contribution in [0.1, 0.15) is 41.8 Å². The van der Waals surface area contributed by atoms with Crippen LogP contribution in [-0.2, 0) is 0 Å². The summed E-state index contributed by atoms with van der Waals surface area (Å²) in [5, 5.41) is 7.67. The van der Waals surface area contributed by atoms with Crippen LogP contribution in [0.5, 0.6) is 5.75 Å². The topological polar surface area (TPSA) is 90.4 Å². The molecular weight excluding hydrogens is 370 g/mol. The number of furan rings is 1. The van der Waals surface area contributed by atoms with Gasteiger partial charge in [0, 0.05) is 16.5 Å². The minimum absolute atomic E-state index is 0.198. The van der Waals surface area contributed by atoms with Gasteiger partial charge in [0.15, 0.2) is 17.2 Å². The molecule has 2 aromatic carbocycles. The molecule has 2 aromatic heterocycles. The molecule has 1 N–H and O–H groups in total. The molecule has 7 heteroatoms.